The Labute approximate surface area is 204 Å². The fourth-order valence-electron chi connectivity index (χ4n) is 4.05. The van der Waals surface area contributed by atoms with Gasteiger partial charge in [-0.1, -0.05) is 72.3 Å². The number of benzene rings is 3. The van der Waals surface area contributed by atoms with Crippen molar-refractivity contribution in [3.8, 4) is 0 Å². The molecule has 0 atom stereocenters. The molecule has 4 aromatic rings. The summed E-state index contributed by atoms with van der Waals surface area (Å²) in [5, 5.41) is 5.16. The molecule has 1 aromatic heterocycles. The third kappa shape index (κ3) is 5.65. The van der Waals surface area contributed by atoms with Gasteiger partial charge < -0.3 is 10.2 Å². The number of hydrogen-bond acceptors (Lipinski definition) is 3. The zero-order valence-electron chi connectivity index (χ0n) is 18.1. The number of aromatic nitrogens is 1. The molecule has 0 spiro atoms. The van der Waals surface area contributed by atoms with Crippen LogP contribution in [0.3, 0.4) is 0 Å². The van der Waals surface area contributed by atoms with Crippen molar-refractivity contribution in [1.82, 2.24) is 9.88 Å². The molecule has 4 rings (SSSR count). The van der Waals surface area contributed by atoms with Crippen molar-refractivity contribution in [2.75, 3.05) is 24.3 Å². The van der Waals surface area contributed by atoms with Crippen LogP contribution in [0.2, 0.25) is 5.02 Å². The van der Waals surface area contributed by atoms with Crippen LogP contribution in [0.25, 0.3) is 10.9 Å². The number of amides is 1. The number of carbonyl (C=O) groups excluding carboxylic acids is 1. The smallest absolute Gasteiger partial charge is 0.238 e. The average Bonchev–Trinajstić information content (AvgIpc) is 2.86. The predicted octanol–water partition coefficient (Wildman–Crippen LogP) is 6.55. The van der Waals surface area contributed by atoms with Crippen molar-refractivity contribution in [2.45, 2.75) is 12.5 Å². The van der Waals surface area contributed by atoms with Crippen LogP contribution in [-0.2, 0) is 4.79 Å². The van der Waals surface area contributed by atoms with Crippen LogP contribution in [0.1, 0.15) is 23.6 Å². The van der Waals surface area contributed by atoms with Crippen LogP contribution in [0.15, 0.2) is 91.1 Å². The van der Waals surface area contributed by atoms with Crippen LogP contribution in [0.5, 0.6) is 0 Å². The Kier molecular flexibility index (Phi) is 7.82. The maximum atomic E-state index is 12.9. The number of pyridine rings is 1. The van der Waals surface area contributed by atoms with E-state index >= 15 is 0 Å². The van der Waals surface area contributed by atoms with E-state index in [2.05, 4.69) is 34.6 Å². The Morgan fingerprint density at radius 1 is 0.939 bits per heavy atom. The summed E-state index contributed by atoms with van der Waals surface area (Å²) in [4.78, 5) is 19.2. The molecular formula is C27H25Cl2N3O. The fraction of sp³-hybridized carbons (Fsp3) is 0.185. The van der Waals surface area contributed by atoms with Crippen LogP contribution in [-0.4, -0.2) is 34.8 Å². The predicted molar refractivity (Wildman–Crippen MR) is 137 cm³/mol. The van der Waals surface area contributed by atoms with Crippen molar-refractivity contribution < 1.29 is 4.79 Å². The molecule has 0 aliphatic heterocycles. The molecule has 0 aliphatic carbocycles. The highest BCUT2D eigenvalue weighted by atomic mass is 35.5. The molecule has 0 unspecified atom stereocenters. The summed E-state index contributed by atoms with van der Waals surface area (Å²) < 4.78 is 0. The summed E-state index contributed by atoms with van der Waals surface area (Å²) in [5.41, 5.74) is 3.97. The van der Waals surface area contributed by atoms with Gasteiger partial charge in [-0.05, 0) is 41.8 Å². The summed E-state index contributed by atoms with van der Waals surface area (Å²) in [6, 6.07) is 27.6. The summed E-state index contributed by atoms with van der Waals surface area (Å²) >= 11 is 12.1. The monoisotopic (exact) mass is 477 g/mol. The number of rotatable bonds is 9. The van der Waals surface area contributed by atoms with E-state index in [0.29, 0.717) is 18.1 Å². The largest absolute Gasteiger partial charge is 0.384 e. The Morgan fingerprint density at radius 2 is 1.61 bits per heavy atom. The molecule has 0 aliphatic rings. The first-order valence-corrected chi connectivity index (χ1v) is 11.8. The number of nitrogens with one attached hydrogen (secondary N) is 1. The van der Waals surface area contributed by atoms with Gasteiger partial charge in [0, 0.05) is 35.4 Å². The van der Waals surface area contributed by atoms with Gasteiger partial charge in [0.2, 0.25) is 5.91 Å². The van der Waals surface area contributed by atoms with Crippen LogP contribution < -0.4 is 5.32 Å². The number of fused-ring (bicyclic) bond motifs is 1. The zero-order valence-corrected chi connectivity index (χ0v) is 19.6. The van der Waals surface area contributed by atoms with Gasteiger partial charge in [0.1, 0.15) is 5.88 Å². The average molecular weight is 478 g/mol. The minimum atomic E-state index is -0.192. The zero-order chi connectivity index (χ0) is 23.0. The first kappa shape index (κ1) is 23.1. The lowest BCUT2D eigenvalue weighted by molar-refractivity contribution is -0.130. The van der Waals surface area contributed by atoms with E-state index in [-0.39, 0.29) is 17.8 Å². The molecule has 0 bridgehead atoms. The van der Waals surface area contributed by atoms with Gasteiger partial charge in [0.15, 0.2) is 0 Å². The van der Waals surface area contributed by atoms with Gasteiger partial charge in [0.25, 0.3) is 0 Å². The van der Waals surface area contributed by atoms with Crippen molar-refractivity contribution in [3.05, 3.63) is 107 Å². The minimum Gasteiger partial charge on any atom is -0.384 e. The number of hydrogen-bond donors (Lipinski definition) is 1. The molecule has 4 nitrogen and oxygen atoms in total. The SMILES string of the molecule is O=C(CCl)N(CCCNc1ccnc2cc(Cl)ccc12)C(c1ccccc1)c1ccccc1. The lowest BCUT2D eigenvalue weighted by atomic mass is 9.96. The molecule has 33 heavy (non-hydrogen) atoms. The topological polar surface area (TPSA) is 45.2 Å². The first-order chi connectivity index (χ1) is 16.2. The third-order valence-electron chi connectivity index (χ3n) is 5.57. The van der Waals surface area contributed by atoms with Gasteiger partial charge in [-0.25, -0.2) is 0 Å². The van der Waals surface area contributed by atoms with Crippen molar-refractivity contribution in [3.63, 3.8) is 0 Å². The molecule has 0 radical (unpaired) electrons. The van der Waals surface area contributed by atoms with Crippen molar-refractivity contribution >= 4 is 45.7 Å². The van der Waals surface area contributed by atoms with E-state index in [0.717, 1.165) is 34.1 Å². The number of anilines is 1. The standard InChI is InChI=1S/C27H25Cl2N3O/c28-19-26(33)32(27(20-8-3-1-4-9-20)21-10-5-2-6-11-21)17-7-15-30-24-14-16-31-25-18-22(29)12-13-23(24)25/h1-6,8-14,16,18,27H,7,15,17,19H2,(H,30,31). The molecular weight excluding hydrogens is 453 g/mol. The molecule has 6 heteroatoms. The molecule has 1 amide bonds. The highest BCUT2D eigenvalue weighted by molar-refractivity contribution is 6.31. The maximum Gasteiger partial charge on any atom is 0.238 e. The van der Waals surface area contributed by atoms with Gasteiger partial charge in [-0.2, -0.15) is 0 Å². The molecule has 0 saturated heterocycles. The van der Waals surface area contributed by atoms with Crippen LogP contribution in [0.4, 0.5) is 5.69 Å². The summed E-state index contributed by atoms with van der Waals surface area (Å²) in [7, 11) is 0. The Balaban J connectivity index is 1.51. The van der Waals surface area contributed by atoms with Gasteiger partial charge in [-0.3, -0.25) is 9.78 Å². The van der Waals surface area contributed by atoms with Crippen molar-refractivity contribution in [1.29, 1.82) is 0 Å². The Hall–Kier alpha value is -3.08. The highest BCUT2D eigenvalue weighted by Crippen LogP contribution is 2.29. The quantitative estimate of drug-likeness (QED) is 0.219. The maximum absolute atomic E-state index is 12.9. The fourth-order valence-corrected chi connectivity index (χ4v) is 4.37. The third-order valence-corrected chi connectivity index (χ3v) is 6.04. The van der Waals surface area contributed by atoms with E-state index in [1.54, 1.807) is 6.20 Å². The summed E-state index contributed by atoms with van der Waals surface area (Å²) in [6.45, 7) is 1.27. The summed E-state index contributed by atoms with van der Waals surface area (Å²) in [6.07, 6.45) is 2.53. The molecule has 1 N–H and O–H groups in total. The van der Waals surface area contributed by atoms with Crippen molar-refractivity contribution in [2.24, 2.45) is 0 Å². The normalized spacial score (nSPS) is 11.0. The minimum absolute atomic E-state index is 0.0562. The van der Waals surface area contributed by atoms with E-state index in [9.17, 15) is 4.79 Å². The van der Waals surface area contributed by atoms with E-state index in [1.165, 1.54) is 0 Å². The second-order valence-corrected chi connectivity index (χ2v) is 8.45. The Morgan fingerprint density at radius 3 is 2.24 bits per heavy atom. The van der Waals surface area contributed by atoms with Gasteiger partial charge in [0.05, 0.1) is 11.6 Å². The number of nitrogens with zero attached hydrogens (tertiary/aromatic N) is 2. The van der Waals surface area contributed by atoms with Crippen LogP contribution >= 0.6 is 23.2 Å². The summed E-state index contributed by atoms with van der Waals surface area (Å²) in [5.74, 6) is -0.141. The molecule has 1 heterocycles. The lowest BCUT2D eigenvalue weighted by Gasteiger charge is -2.32. The van der Waals surface area contributed by atoms with E-state index in [4.69, 9.17) is 23.2 Å². The first-order valence-electron chi connectivity index (χ1n) is 10.9. The van der Waals surface area contributed by atoms with Gasteiger partial charge in [-0.15, -0.1) is 11.6 Å². The molecule has 3 aromatic carbocycles. The number of alkyl halides is 1. The molecule has 0 saturated carbocycles. The second kappa shape index (κ2) is 11.2. The lowest BCUT2D eigenvalue weighted by Crippen LogP contribution is -2.37. The molecule has 0 fully saturated rings. The van der Waals surface area contributed by atoms with Crippen LogP contribution in [0, 0.1) is 0 Å². The number of carbonyl (C=O) groups is 1. The number of halogens is 2. The van der Waals surface area contributed by atoms with E-state index < -0.39 is 0 Å². The highest BCUT2D eigenvalue weighted by Gasteiger charge is 2.25. The molecule has 168 valence electrons. The van der Waals surface area contributed by atoms with Gasteiger partial charge >= 0.3 is 0 Å². The second-order valence-electron chi connectivity index (χ2n) is 7.74. The Bertz CT molecular complexity index is 1160. The van der Waals surface area contributed by atoms with E-state index in [1.807, 2.05) is 65.6 Å².